The normalized spacial score (nSPS) is 11.1. The van der Waals surface area contributed by atoms with Gasteiger partial charge < -0.3 is 20.9 Å². The lowest BCUT2D eigenvalue weighted by atomic mass is 10.0. The maximum absolute atomic E-state index is 12.0. The molecule has 0 unspecified atom stereocenters. The fourth-order valence-corrected chi connectivity index (χ4v) is 4.88. The van der Waals surface area contributed by atoms with E-state index in [0.29, 0.717) is 26.1 Å². The van der Waals surface area contributed by atoms with Crippen LogP contribution in [0.5, 0.6) is 0 Å². The molecule has 0 aliphatic heterocycles. The molecule has 0 rings (SSSR count). The number of nitrogens with one attached hydrogen (secondary N) is 3. The Labute approximate surface area is 247 Å². The fourth-order valence-electron chi connectivity index (χ4n) is 4.88. The summed E-state index contributed by atoms with van der Waals surface area (Å²) in [4.78, 5) is 37.7. The van der Waals surface area contributed by atoms with Crippen molar-refractivity contribution in [2.75, 3.05) is 40.3 Å². The van der Waals surface area contributed by atoms with Crippen LogP contribution in [0.2, 0.25) is 0 Å². The predicted molar refractivity (Wildman–Crippen MR) is 169 cm³/mol. The van der Waals surface area contributed by atoms with E-state index in [2.05, 4.69) is 27.8 Å². The lowest BCUT2D eigenvalue weighted by Gasteiger charge is -2.10. The highest BCUT2D eigenvalue weighted by Gasteiger charge is 2.07. The molecule has 40 heavy (non-hydrogen) atoms. The Morgan fingerprint density at radius 2 is 0.750 bits per heavy atom. The van der Waals surface area contributed by atoms with Crippen LogP contribution in [0.1, 0.15) is 155 Å². The number of nitrogens with zero attached hydrogens (tertiary/aromatic N) is 1. The largest absolute Gasteiger partial charge is 0.356 e. The van der Waals surface area contributed by atoms with Crippen LogP contribution < -0.4 is 16.0 Å². The minimum absolute atomic E-state index is 0.0540. The summed E-state index contributed by atoms with van der Waals surface area (Å²) in [6.45, 7) is 4.66. The quantitative estimate of drug-likeness (QED) is 0.0826. The summed E-state index contributed by atoms with van der Waals surface area (Å²) in [5.41, 5.74) is 0. The number of hydrogen-bond acceptors (Lipinski definition) is 4. The van der Waals surface area contributed by atoms with Crippen LogP contribution in [0, 0.1) is 0 Å². The van der Waals surface area contributed by atoms with Crippen molar-refractivity contribution in [3.8, 4) is 0 Å². The first-order chi connectivity index (χ1) is 19.5. The molecule has 0 aliphatic rings. The number of unbranched alkanes of at least 4 members (excludes halogenated alkanes) is 18. The lowest BCUT2D eigenvalue weighted by molar-refractivity contribution is -0.126. The van der Waals surface area contributed by atoms with Gasteiger partial charge in [-0.1, -0.05) is 122 Å². The van der Waals surface area contributed by atoms with Gasteiger partial charge in [0.2, 0.25) is 17.7 Å². The van der Waals surface area contributed by atoms with Crippen LogP contribution in [-0.2, 0) is 14.4 Å². The Kier molecular flexibility index (Phi) is 29.1. The second-order valence-corrected chi connectivity index (χ2v) is 11.8. The van der Waals surface area contributed by atoms with Gasteiger partial charge in [-0.05, 0) is 33.5 Å². The molecule has 7 nitrogen and oxygen atoms in total. The Hall–Kier alpha value is -1.63. The second kappa shape index (κ2) is 30.3. The first-order valence-electron chi connectivity index (χ1n) is 16.9. The zero-order valence-electron chi connectivity index (χ0n) is 26.8. The molecule has 7 heteroatoms. The van der Waals surface area contributed by atoms with Gasteiger partial charge in [-0.15, -0.1) is 0 Å². The molecule has 236 valence electrons. The van der Waals surface area contributed by atoms with Crippen LogP contribution in [0.25, 0.3) is 0 Å². The molecule has 0 fully saturated rings. The van der Waals surface area contributed by atoms with Gasteiger partial charge in [-0.25, -0.2) is 0 Å². The highest BCUT2D eigenvalue weighted by atomic mass is 16.2. The maximum atomic E-state index is 12.0. The molecular weight excluding hydrogens is 500 g/mol. The molecule has 0 saturated carbocycles. The number of amides is 3. The molecule has 0 heterocycles. The molecular formula is C33H66N4O3. The van der Waals surface area contributed by atoms with Crippen molar-refractivity contribution < 1.29 is 14.4 Å². The van der Waals surface area contributed by atoms with Crippen molar-refractivity contribution in [2.24, 2.45) is 0 Å². The monoisotopic (exact) mass is 567 g/mol. The molecule has 0 saturated heterocycles. The van der Waals surface area contributed by atoms with Gasteiger partial charge in [0.25, 0.3) is 0 Å². The van der Waals surface area contributed by atoms with Crippen LogP contribution in [0.3, 0.4) is 0 Å². The van der Waals surface area contributed by atoms with Crippen molar-refractivity contribution in [3.05, 3.63) is 0 Å². The number of carbonyl (C=O) groups excluding carboxylic acids is 3. The van der Waals surface area contributed by atoms with E-state index >= 15 is 0 Å². The van der Waals surface area contributed by atoms with Crippen LogP contribution in [0.15, 0.2) is 0 Å². The summed E-state index contributed by atoms with van der Waals surface area (Å²) in [6, 6.07) is 0. The van der Waals surface area contributed by atoms with Crippen molar-refractivity contribution in [3.63, 3.8) is 0 Å². The van der Waals surface area contributed by atoms with E-state index in [0.717, 1.165) is 25.8 Å². The van der Waals surface area contributed by atoms with Crippen molar-refractivity contribution in [1.29, 1.82) is 0 Å². The van der Waals surface area contributed by atoms with E-state index in [-0.39, 0.29) is 30.6 Å². The number of carbonyl (C=O) groups is 3. The molecule has 0 bridgehead atoms. The van der Waals surface area contributed by atoms with Gasteiger partial charge in [-0.3, -0.25) is 14.4 Å². The van der Waals surface area contributed by atoms with Gasteiger partial charge in [0.15, 0.2) is 0 Å². The topological polar surface area (TPSA) is 90.5 Å². The van der Waals surface area contributed by atoms with Gasteiger partial charge in [0, 0.05) is 38.9 Å². The summed E-state index contributed by atoms with van der Waals surface area (Å²) in [5.74, 6) is -0.198. The third-order valence-corrected chi connectivity index (χ3v) is 7.46. The van der Waals surface area contributed by atoms with Gasteiger partial charge >= 0.3 is 0 Å². The summed E-state index contributed by atoms with van der Waals surface area (Å²) in [6.07, 6.45) is 27.4. The summed E-state index contributed by atoms with van der Waals surface area (Å²) in [5, 5.41) is 8.46. The highest BCUT2D eigenvalue weighted by Crippen LogP contribution is 2.14. The third-order valence-electron chi connectivity index (χ3n) is 7.46. The second-order valence-electron chi connectivity index (χ2n) is 11.8. The molecule has 3 N–H and O–H groups in total. The molecule has 0 atom stereocenters. The highest BCUT2D eigenvalue weighted by molar-refractivity contribution is 5.83. The maximum Gasteiger partial charge on any atom is 0.220 e. The summed E-state index contributed by atoms with van der Waals surface area (Å²) in [7, 11) is 3.99. The fraction of sp³-hybridized carbons (Fsp3) is 0.909. The van der Waals surface area contributed by atoms with Crippen LogP contribution in [-0.4, -0.2) is 62.9 Å². The van der Waals surface area contributed by atoms with E-state index in [1.807, 2.05) is 14.1 Å². The average Bonchev–Trinajstić information content (AvgIpc) is 2.93. The zero-order valence-corrected chi connectivity index (χ0v) is 26.8. The number of hydrogen-bond donors (Lipinski definition) is 3. The molecule has 0 aromatic carbocycles. The molecule has 0 aromatic rings. The zero-order chi connectivity index (χ0) is 29.5. The average molecular weight is 567 g/mol. The van der Waals surface area contributed by atoms with Crippen LogP contribution >= 0.6 is 0 Å². The molecule has 0 radical (unpaired) electrons. The predicted octanol–water partition coefficient (Wildman–Crippen LogP) is 6.89. The van der Waals surface area contributed by atoms with E-state index in [1.165, 1.54) is 109 Å². The van der Waals surface area contributed by atoms with E-state index in [4.69, 9.17) is 0 Å². The smallest absolute Gasteiger partial charge is 0.220 e. The summed E-state index contributed by atoms with van der Waals surface area (Å²) < 4.78 is 0. The minimum atomic E-state index is -0.156. The van der Waals surface area contributed by atoms with Gasteiger partial charge in [0.1, 0.15) is 0 Å². The van der Waals surface area contributed by atoms with Crippen molar-refractivity contribution >= 4 is 17.7 Å². The standard InChI is InChI=1S/C33H66N4O3/c1-4-5-6-7-8-9-10-11-12-13-14-15-16-17-18-19-20-21-22-24-31(38)35-28-29-36-33(40)26-25-32(39)34-27-23-30-37(2)3/h4-30H2,1-3H3,(H,34,39)(H,35,38)(H,36,40). The van der Waals surface area contributed by atoms with Gasteiger partial charge in [-0.2, -0.15) is 0 Å². The lowest BCUT2D eigenvalue weighted by Crippen LogP contribution is -2.35. The van der Waals surface area contributed by atoms with Crippen LogP contribution in [0.4, 0.5) is 0 Å². The molecule has 0 aliphatic carbocycles. The van der Waals surface area contributed by atoms with Crippen molar-refractivity contribution in [2.45, 2.75) is 155 Å². The van der Waals surface area contributed by atoms with E-state index in [9.17, 15) is 14.4 Å². The van der Waals surface area contributed by atoms with Gasteiger partial charge in [0.05, 0.1) is 0 Å². The van der Waals surface area contributed by atoms with E-state index < -0.39 is 0 Å². The first-order valence-corrected chi connectivity index (χ1v) is 16.9. The Morgan fingerprint density at radius 3 is 1.12 bits per heavy atom. The molecule has 3 amide bonds. The minimum Gasteiger partial charge on any atom is -0.356 e. The Bertz CT molecular complexity index is 598. The first kappa shape index (κ1) is 38.4. The summed E-state index contributed by atoms with van der Waals surface area (Å²) >= 11 is 0. The van der Waals surface area contributed by atoms with Crippen molar-refractivity contribution in [1.82, 2.24) is 20.9 Å². The Balaban J connectivity index is 3.32. The van der Waals surface area contributed by atoms with E-state index in [1.54, 1.807) is 0 Å². The molecule has 0 aromatic heterocycles. The molecule has 0 spiro atoms. The Morgan fingerprint density at radius 1 is 0.425 bits per heavy atom. The third kappa shape index (κ3) is 30.9. The SMILES string of the molecule is CCCCCCCCCCCCCCCCCCCCCC(=O)NCCNC(=O)CCC(=O)NCCCN(C)C. The number of rotatable bonds is 30.